The number of amidine groups is 1. The van der Waals surface area contributed by atoms with Crippen molar-refractivity contribution in [2.75, 3.05) is 52.5 Å². The zero-order valence-electron chi connectivity index (χ0n) is 34.0. The quantitative estimate of drug-likeness (QED) is 0.0855. The first-order valence-electron chi connectivity index (χ1n) is 19.0. The standard InChI is InChI=1S/C26H34F6N4O2S.2C7H8O3S/c1-3-35(4-2)12-14-38-13-9-33-23-22(39-24(37)34-23)15-18-7-10-36(11-8-18)17-19-5-6-20(25(27,28)29)16-21(19)26(30,31)32;2*1-6-2-4-7(5-3-6)11(8,9)10/h5-6,15-16,18H,3-4,7-14,17H2,1-2H3,(H,33,34,37);2*2-5H,1H3,(H,8,9,10)/b22-15-;;. The normalized spacial score (nSPS) is 16.9. The van der Waals surface area contributed by atoms with E-state index in [-0.39, 0.29) is 39.1 Å². The fourth-order valence-electron chi connectivity index (χ4n) is 5.93. The molecule has 2 saturated heterocycles. The fraction of sp³-hybridized carbons (Fsp3) is 0.450. The fourth-order valence-corrected chi connectivity index (χ4v) is 7.71. The highest BCUT2D eigenvalue weighted by molar-refractivity contribution is 8.18. The summed E-state index contributed by atoms with van der Waals surface area (Å²) in [5.74, 6) is 0.598. The van der Waals surface area contributed by atoms with Gasteiger partial charge < -0.3 is 15.0 Å². The van der Waals surface area contributed by atoms with E-state index in [2.05, 4.69) is 29.1 Å². The molecule has 0 radical (unpaired) electrons. The Morgan fingerprint density at radius 1 is 0.836 bits per heavy atom. The predicted octanol–water partition coefficient (Wildman–Crippen LogP) is 8.52. The van der Waals surface area contributed by atoms with Crippen LogP contribution in [-0.4, -0.2) is 99.3 Å². The molecule has 1 amide bonds. The number of hydrogen-bond donors (Lipinski definition) is 3. The first kappa shape index (κ1) is 51.5. The number of benzene rings is 3. The van der Waals surface area contributed by atoms with Crippen molar-refractivity contribution in [1.82, 2.24) is 15.1 Å². The summed E-state index contributed by atoms with van der Waals surface area (Å²) in [6.45, 7) is 12.9. The molecule has 3 aromatic rings. The van der Waals surface area contributed by atoms with E-state index in [9.17, 15) is 48.0 Å². The Balaban J connectivity index is 0.000000363. The van der Waals surface area contributed by atoms with Gasteiger partial charge in [-0.25, -0.2) is 0 Å². The summed E-state index contributed by atoms with van der Waals surface area (Å²) in [7, 11) is -8.04. The predicted molar refractivity (Wildman–Crippen MR) is 222 cm³/mol. The Bertz CT molecular complexity index is 2100. The lowest BCUT2D eigenvalue weighted by atomic mass is 9.95. The number of ether oxygens (including phenoxy) is 1. The largest absolute Gasteiger partial charge is 0.416 e. The summed E-state index contributed by atoms with van der Waals surface area (Å²) < 4.78 is 144. The first-order chi connectivity index (χ1) is 28.4. The first-order valence-corrected chi connectivity index (χ1v) is 22.7. The molecule has 338 valence electrons. The molecule has 3 N–H and O–H groups in total. The summed E-state index contributed by atoms with van der Waals surface area (Å²) in [6.07, 6.45) is -6.48. The van der Waals surface area contributed by atoms with E-state index < -0.39 is 43.7 Å². The molecule has 0 saturated carbocycles. The molecular formula is C40H50F6N4O8S3. The zero-order chi connectivity index (χ0) is 45.6. The molecule has 21 heteroatoms. The van der Waals surface area contributed by atoms with Crippen LogP contribution in [0.1, 0.15) is 54.5 Å². The molecule has 5 rings (SSSR count). The zero-order valence-corrected chi connectivity index (χ0v) is 36.4. The number of likely N-dealkylation sites (N-methyl/N-ethyl adjacent to an activating group) is 1. The molecule has 12 nitrogen and oxygen atoms in total. The molecule has 0 spiro atoms. The molecule has 61 heavy (non-hydrogen) atoms. The van der Waals surface area contributed by atoms with Crippen molar-refractivity contribution in [3.63, 3.8) is 0 Å². The van der Waals surface area contributed by atoms with Crippen LogP contribution in [0.5, 0.6) is 0 Å². The number of halogens is 6. The van der Waals surface area contributed by atoms with Gasteiger partial charge in [-0.05, 0) is 113 Å². The van der Waals surface area contributed by atoms with Crippen molar-refractivity contribution in [3.05, 3.63) is 106 Å². The second-order valence-corrected chi connectivity index (χ2v) is 17.8. The van der Waals surface area contributed by atoms with E-state index in [1.54, 1.807) is 24.3 Å². The lowest BCUT2D eigenvalue weighted by Crippen LogP contribution is -2.33. The minimum atomic E-state index is -4.88. The monoisotopic (exact) mass is 924 g/mol. The average molecular weight is 925 g/mol. The Morgan fingerprint density at radius 3 is 1.82 bits per heavy atom. The van der Waals surface area contributed by atoms with Gasteiger partial charge in [0.25, 0.3) is 25.5 Å². The molecule has 0 aliphatic carbocycles. The van der Waals surface area contributed by atoms with Crippen molar-refractivity contribution < 1.29 is 61.8 Å². The SMILES string of the molecule is CCN(CC)CCOCCN=C1NC(=O)S/C1=C\C1CCN(Cc2ccc(C(F)(F)F)cc2C(F)(F)F)CC1.Cc1ccc(S(=O)(=O)O)cc1.Cc1ccc(S(=O)(=O)O)cc1. The summed E-state index contributed by atoms with van der Waals surface area (Å²) in [4.78, 5) is 21.1. The summed E-state index contributed by atoms with van der Waals surface area (Å²) in [5, 5.41) is 2.52. The van der Waals surface area contributed by atoms with Gasteiger partial charge >= 0.3 is 12.4 Å². The van der Waals surface area contributed by atoms with Crippen molar-refractivity contribution in [1.29, 1.82) is 0 Å². The lowest BCUT2D eigenvalue weighted by molar-refractivity contribution is -0.143. The second kappa shape index (κ2) is 23.0. The third kappa shape index (κ3) is 17.8. The van der Waals surface area contributed by atoms with Crippen molar-refractivity contribution >= 4 is 43.1 Å². The van der Waals surface area contributed by atoms with E-state index in [4.69, 9.17) is 13.8 Å². The van der Waals surface area contributed by atoms with Gasteiger partial charge in [-0.3, -0.25) is 23.8 Å². The summed E-state index contributed by atoms with van der Waals surface area (Å²) in [6, 6.07) is 13.8. The van der Waals surface area contributed by atoms with Gasteiger partial charge in [0.15, 0.2) is 0 Å². The maximum Gasteiger partial charge on any atom is 0.416 e. The molecule has 0 bridgehead atoms. The van der Waals surface area contributed by atoms with Gasteiger partial charge in [-0.15, -0.1) is 0 Å². The Morgan fingerprint density at radius 2 is 1.36 bits per heavy atom. The molecule has 2 heterocycles. The van der Waals surface area contributed by atoms with E-state index in [0.717, 1.165) is 53.5 Å². The van der Waals surface area contributed by atoms with Crippen LogP contribution in [0.4, 0.5) is 31.1 Å². The number of carbonyl (C=O) groups excluding carboxylic acids is 1. The molecule has 2 fully saturated rings. The van der Waals surface area contributed by atoms with Gasteiger partial charge in [0.05, 0.1) is 45.6 Å². The number of rotatable bonds is 13. The maximum atomic E-state index is 13.5. The van der Waals surface area contributed by atoms with Crippen molar-refractivity contribution in [2.45, 2.75) is 69.2 Å². The third-order valence-corrected chi connectivity index (χ3v) is 12.0. The number of nitrogens with zero attached hydrogens (tertiary/aromatic N) is 3. The van der Waals surface area contributed by atoms with Crippen LogP contribution in [0.2, 0.25) is 0 Å². The van der Waals surface area contributed by atoms with Gasteiger partial charge in [0.2, 0.25) is 0 Å². The smallest absolute Gasteiger partial charge is 0.378 e. The van der Waals surface area contributed by atoms with Crippen LogP contribution in [0.15, 0.2) is 92.5 Å². The number of likely N-dealkylation sites (tertiary alicyclic amines) is 1. The molecule has 2 aliphatic rings. The number of aryl methyl sites for hydroxylation is 2. The number of amides is 1. The number of piperidine rings is 1. The maximum absolute atomic E-state index is 13.5. The van der Waals surface area contributed by atoms with E-state index in [1.807, 2.05) is 24.8 Å². The highest BCUT2D eigenvalue weighted by Gasteiger charge is 2.38. The number of carbonyl (C=O) groups is 1. The molecule has 0 aromatic heterocycles. The molecule has 0 unspecified atom stereocenters. The van der Waals surface area contributed by atoms with Crippen LogP contribution in [0, 0.1) is 19.8 Å². The number of hydrogen-bond acceptors (Lipinski definition) is 10. The topological polar surface area (TPSA) is 166 Å². The van der Waals surface area contributed by atoms with Gasteiger partial charge in [0, 0.05) is 13.1 Å². The van der Waals surface area contributed by atoms with Crippen LogP contribution < -0.4 is 5.32 Å². The molecule has 0 atom stereocenters. The molecule has 3 aromatic carbocycles. The van der Waals surface area contributed by atoms with Crippen molar-refractivity contribution in [3.8, 4) is 0 Å². The van der Waals surface area contributed by atoms with Crippen LogP contribution in [-0.2, 0) is 43.9 Å². The van der Waals surface area contributed by atoms with Crippen LogP contribution in [0.3, 0.4) is 0 Å². The average Bonchev–Trinajstić information content (AvgIpc) is 3.52. The summed E-state index contributed by atoms with van der Waals surface area (Å²) in [5.41, 5.74) is -0.840. The number of nitrogens with one attached hydrogen (secondary N) is 1. The summed E-state index contributed by atoms with van der Waals surface area (Å²) >= 11 is 1.06. The molecular weight excluding hydrogens is 875 g/mol. The van der Waals surface area contributed by atoms with Crippen LogP contribution in [0.25, 0.3) is 0 Å². The number of alkyl halides is 6. The van der Waals surface area contributed by atoms with Gasteiger partial charge in [-0.2, -0.15) is 43.2 Å². The Labute approximate surface area is 356 Å². The Hall–Kier alpha value is -3.83. The van der Waals surface area contributed by atoms with Gasteiger partial charge in [0.1, 0.15) is 5.84 Å². The van der Waals surface area contributed by atoms with E-state index >= 15 is 0 Å². The highest BCUT2D eigenvalue weighted by atomic mass is 32.2. The lowest BCUT2D eigenvalue weighted by Gasteiger charge is -2.31. The minimum Gasteiger partial charge on any atom is -0.378 e. The van der Waals surface area contributed by atoms with Crippen molar-refractivity contribution in [2.24, 2.45) is 10.9 Å². The number of allylic oxidation sites excluding steroid dienone is 1. The van der Waals surface area contributed by atoms with Gasteiger partial charge in [-0.1, -0.05) is 61.4 Å². The highest BCUT2D eigenvalue weighted by Crippen LogP contribution is 2.38. The van der Waals surface area contributed by atoms with E-state index in [1.165, 1.54) is 24.3 Å². The second-order valence-electron chi connectivity index (χ2n) is 14.0. The number of aliphatic imine (C=N–C) groups is 1. The number of thioether (sulfide) groups is 1. The minimum absolute atomic E-state index is 0.0666. The van der Waals surface area contributed by atoms with E-state index in [0.29, 0.717) is 57.6 Å². The van der Waals surface area contributed by atoms with Crippen LogP contribution >= 0.6 is 11.8 Å². The molecule has 2 aliphatic heterocycles. The third-order valence-electron chi connectivity index (χ3n) is 9.40. The Kier molecular flexibility index (Phi) is 19.4.